The molecule has 0 spiro atoms. The predicted molar refractivity (Wildman–Crippen MR) is 81.5 cm³/mol. The Labute approximate surface area is 133 Å². The minimum absolute atomic E-state index is 0.0993. The van der Waals surface area contributed by atoms with E-state index >= 15 is 0 Å². The van der Waals surface area contributed by atoms with Crippen molar-refractivity contribution in [3.05, 3.63) is 47.4 Å². The van der Waals surface area contributed by atoms with Crippen molar-refractivity contribution >= 4 is 21.6 Å². The summed E-state index contributed by atoms with van der Waals surface area (Å²) < 4.78 is 37.2. The highest BCUT2D eigenvalue weighted by Gasteiger charge is 2.29. The fraction of sp³-hybridized carbons (Fsp3) is 0.286. The number of methoxy groups -OCH3 is 1. The van der Waals surface area contributed by atoms with Gasteiger partial charge in [0.15, 0.2) is 0 Å². The Bertz CT molecular complexity index is 741. The number of ether oxygens (including phenoxy) is 1. The lowest BCUT2D eigenvalue weighted by Crippen LogP contribution is -2.38. The predicted octanol–water partition coefficient (Wildman–Crippen LogP) is 2.13. The average molecular weight is 346 g/mol. The lowest BCUT2D eigenvalue weighted by atomic mass is 10.1. The molecule has 0 saturated heterocycles. The van der Waals surface area contributed by atoms with Crippen LogP contribution in [0.1, 0.15) is 12.7 Å². The molecule has 8 heteroatoms. The van der Waals surface area contributed by atoms with E-state index in [1.54, 1.807) is 12.1 Å². The van der Waals surface area contributed by atoms with Gasteiger partial charge in [-0.3, -0.25) is 0 Å². The standard InChI is InChI=1S/C14H16ClNO5S/c1-14(17,13-4-3-7-21-13)9-16-22(18,19)12-8-10(15)5-6-11(12)20-2/h3-8,16-17H,9H2,1-2H3. The third-order valence-electron chi connectivity index (χ3n) is 3.07. The second kappa shape index (κ2) is 6.29. The van der Waals surface area contributed by atoms with Crippen molar-refractivity contribution in [3.8, 4) is 5.75 Å². The molecule has 1 unspecified atom stereocenters. The van der Waals surface area contributed by atoms with Crippen LogP contribution < -0.4 is 9.46 Å². The molecule has 22 heavy (non-hydrogen) atoms. The van der Waals surface area contributed by atoms with Gasteiger partial charge < -0.3 is 14.3 Å². The van der Waals surface area contributed by atoms with E-state index in [0.29, 0.717) is 0 Å². The van der Waals surface area contributed by atoms with Crippen LogP contribution >= 0.6 is 11.6 Å². The third-order valence-corrected chi connectivity index (χ3v) is 4.73. The first-order valence-electron chi connectivity index (χ1n) is 6.36. The lowest BCUT2D eigenvalue weighted by molar-refractivity contribution is 0.0395. The molecule has 120 valence electrons. The van der Waals surface area contributed by atoms with E-state index in [2.05, 4.69) is 4.72 Å². The van der Waals surface area contributed by atoms with Crippen LogP contribution in [0, 0.1) is 0 Å². The van der Waals surface area contributed by atoms with Gasteiger partial charge in [-0.1, -0.05) is 11.6 Å². The Morgan fingerprint density at radius 2 is 2.14 bits per heavy atom. The fourth-order valence-corrected chi connectivity index (χ4v) is 3.41. The number of benzene rings is 1. The monoisotopic (exact) mass is 345 g/mol. The van der Waals surface area contributed by atoms with Gasteiger partial charge in [-0.2, -0.15) is 0 Å². The van der Waals surface area contributed by atoms with Crippen LogP contribution in [0.25, 0.3) is 0 Å². The van der Waals surface area contributed by atoms with Gasteiger partial charge in [0, 0.05) is 11.6 Å². The summed E-state index contributed by atoms with van der Waals surface area (Å²) in [5, 5.41) is 10.6. The summed E-state index contributed by atoms with van der Waals surface area (Å²) in [6, 6.07) is 7.44. The highest BCUT2D eigenvalue weighted by Crippen LogP contribution is 2.27. The number of hydrogen-bond acceptors (Lipinski definition) is 5. The van der Waals surface area contributed by atoms with Gasteiger partial charge in [0.05, 0.1) is 13.4 Å². The van der Waals surface area contributed by atoms with Crippen LogP contribution in [0.4, 0.5) is 0 Å². The van der Waals surface area contributed by atoms with Crippen LogP contribution in [0.15, 0.2) is 45.9 Å². The smallest absolute Gasteiger partial charge is 0.244 e. The molecule has 0 aliphatic heterocycles. The SMILES string of the molecule is COc1ccc(Cl)cc1S(=O)(=O)NCC(C)(O)c1ccco1. The van der Waals surface area contributed by atoms with E-state index in [1.165, 1.54) is 38.5 Å². The molecule has 1 heterocycles. The molecule has 0 saturated carbocycles. The molecule has 0 aliphatic carbocycles. The molecule has 2 aromatic rings. The summed E-state index contributed by atoms with van der Waals surface area (Å²) in [4.78, 5) is -0.0993. The minimum Gasteiger partial charge on any atom is -0.495 e. The molecule has 0 aliphatic rings. The normalized spacial score (nSPS) is 14.5. The van der Waals surface area contributed by atoms with E-state index in [9.17, 15) is 13.5 Å². The van der Waals surface area contributed by atoms with E-state index in [0.717, 1.165) is 0 Å². The summed E-state index contributed by atoms with van der Waals surface area (Å²) >= 11 is 5.84. The summed E-state index contributed by atoms with van der Waals surface area (Å²) in [7, 11) is -2.55. The molecule has 1 aromatic heterocycles. The highest BCUT2D eigenvalue weighted by atomic mass is 35.5. The van der Waals surface area contributed by atoms with Gasteiger partial charge >= 0.3 is 0 Å². The van der Waals surface area contributed by atoms with E-state index in [-0.39, 0.29) is 28.0 Å². The van der Waals surface area contributed by atoms with Crippen molar-refractivity contribution in [1.29, 1.82) is 0 Å². The second-order valence-electron chi connectivity index (χ2n) is 4.87. The lowest BCUT2D eigenvalue weighted by Gasteiger charge is -2.21. The van der Waals surface area contributed by atoms with Crippen LogP contribution in [0.5, 0.6) is 5.75 Å². The maximum Gasteiger partial charge on any atom is 0.244 e. The third kappa shape index (κ3) is 3.61. The number of halogens is 1. The summed E-state index contributed by atoms with van der Waals surface area (Å²) in [5.41, 5.74) is -1.48. The number of nitrogens with one attached hydrogen (secondary N) is 1. The van der Waals surface area contributed by atoms with Gasteiger partial charge in [-0.15, -0.1) is 0 Å². The zero-order valence-electron chi connectivity index (χ0n) is 12.0. The van der Waals surface area contributed by atoms with Gasteiger partial charge in [0.2, 0.25) is 10.0 Å². The molecule has 0 amide bonds. The van der Waals surface area contributed by atoms with Crippen molar-refractivity contribution in [1.82, 2.24) is 4.72 Å². The van der Waals surface area contributed by atoms with Gasteiger partial charge in [0.1, 0.15) is 22.0 Å². The highest BCUT2D eigenvalue weighted by molar-refractivity contribution is 7.89. The van der Waals surface area contributed by atoms with E-state index in [1.807, 2.05) is 0 Å². The maximum atomic E-state index is 12.4. The molecule has 2 rings (SSSR count). The maximum absolute atomic E-state index is 12.4. The molecule has 0 bridgehead atoms. The molecule has 1 atom stereocenters. The molecule has 1 aromatic carbocycles. The number of hydrogen-bond donors (Lipinski definition) is 2. The first-order valence-corrected chi connectivity index (χ1v) is 8.22. The van der Waals surface area contributed by atoms with E-state index in [4.69, 9.17) is 20.8 Å². The molecular weight excluding hydrogens is 330 g/mol. The number of sulfonamides is 1. The van der Waals surface area contributed by atoms with Gasteiger partial charge in [-0.25, -0.2) is 13.1 Å². The average Bonchev–Trinajstić information content (AvgIpc) is 3.00. The minimum atomic E-state index is -3.91. The van der Waals surface area contributed by atoms with Gasteiger partial charge in [-0.05, 0) is 37.3 Å². The zero-order valence-corrected chi connectivity index (χ0v) is 13.6. The molecule has 2 N–H and O–H groups in total. The Hall–Kier alpha value is -1.54. The van der Waals surface area contributed by atoms with Crippen LogP contribution in [-0.2, 0) is 15.6 Å². The molecule has 0 radical (unpaired) electrons. The first kappa shape index (κ1) is 16.8. The zero-order chi connectivity index (χ0) is 16.4. The summed E-state index contributed by atoms with van der Waals surface area (Å²) in [6.45, 7) is 1.18. The second-order valence-corrected chi connectivity index (χ2v) is 7.04. The van der Waals surface area contributed by atoms with Gasteiger partial charge in [0.25, 0.3) is 0 Å². The van der Waals surface area contributed by atoms with Crippen molar-refractivity contribution < 1.29 is 22.7 Å². The largest absolute Gasteiger partial charge is 0.495 e. The van der Waals surface area contributed by atoms with Crippen LogP contribution in [0.3, 0.4) is 0 Å². The Morgan fingerprint density at radius 1 is 1.41 bits per heavy atom. The number of rotatable bonds is 6. The van der Waals surface area contributed by atoms with Crippen LogP contribution in [-0.4, -0.2) is 27.2 Å². The quantitative estimate of drug-likeness (QED) is 0.837. The Kier molecular flexibility index (Phi) is 4.81. The Balaban J connectivity index is 2.24. The molecule has 6 nitrogen and oxygen atoms in total. The topological polar surface area (TPSA) is 88.8 Å². The first-order chi connectivity index (χ1) is 10.3. The molecular formula is C14H16ClNO5S. The number of aliphatic hydroxyl groups is 1. The van der Waals surface area contributed by atoms with Crippen LogP contribution in [0.2, 0.25) is 5.02 Å². The summed E-state index contributed by atoms with van der Waals surface area (Å²) in [6.07, 6.45) is 1.40. The van der Waals surface area contributed by atoms with Crippen molar-refractivity contribution in [2.45, 2.75) is 17.4 Å². The van der Waals surface area contributed by atoms with Crippen molar-refractivity contribution in [2.75, 3.05) is 13.7 Å². The van der Waals surface area contributed by atoms with Crippen molar-refractivity contribution in [2.24, 2.45) is 0 Å². The fourth-order valence-electron chi connectivity index (χ4n) is 1.85. The van der Waals surface area contributed by atoms with Crippen molar-refractivity contribution in [3.63, 3.8) is 0 Å². The van der Waals surface area contributed by atoms with E-state index < -0.39 is 15.6 Å². The summed E-state index contributed by atoms with van der Waals surface area (Å²) in [5.74, 6) is 0.419. The Morgan fingerprint density at radius 3 is 2.73 bits per heavy atom. The number of furan rings is 1. The molecule has 0 fully saturated rings.